The molecule has 0 radical (unpaired) electrons. The molecule has 0 aromatic heterocycles. The van der Waals surface area contributed by atoms with Crippen molar-refractivity contribution in [1.29, 1.82) is 0 Å². The molecule has 3 atom stereocenters. The molecule has 1 aromatic carbocycles. The number of hydrogen-bond donors (Lipinski definition) is 1. The van der Waals surface area contributed by atoms with Gasteiger partial charge in [0, 0.05) is 24.8 Å². The monoisotopic (exact) mass is 272 g/mol. The summed E-state index contributed by atoms with van der Waals surface area (Å²) in [6.45, 7) is 6.95. The van der Waals surface area contributed by atoms with Crippen molar-refractivity contribution >= 4 is 5.69 Å². The minimum atomic E-state index is 0.297. The van der Waals surface area contributed by atoms with Gasteiger partial charge >= 0.3 is 0 Å². The van der Waals surface area contributed by atoms with Crippen molar-refractivity contribution in [3.63, 3.8) is 0 Å². The minimum absolute atomic E-state index is 0.297. The number of anilines is 1. The highest BCUT2D eigenvalue weighted by Crippen LogP contribution is 2.39. The molecule has 2 heteroatoms. The van der Waals surface area contributed by atoms with Crippen LogP contribution in [0.3, 0.4) is 0 Å². The van der Waals surface area contributed by atoms with Gasteiger partial charge in [0.25, 0.3) is 0 Å². The molecule has 1 aliphatic heterocycles. The van der Waals surface area contributed by atoms with Gasteiger partial charge in [-0.25, -0.2) is 0 Å². The average Bonchev–Trinajstić information content (AvgIpc) is 3.01. The van der Waals surface area contributed by atoms with Gasteiger partial charge in [0.15, 0.2) is 0 Å². The van der Waals surface area contributed by atoms with Crippen LogP contribution in [0.15, 0.2) is 18.2 Å². The van der Waals surface area contributed by atoms with E-state index in [1.54, 1.807) is 0 Å². The van der Waals surface area contributed by atoms with Crippen molar-refractivity contribution in [1.82, 2.24) is 0 Å². The fourth-order valence-corrected chi connectivity index (χ4v) is 3.98. The van der Waals surface area contributed by atoms with Gasteiger partial charge in [-0.2, -0.15) is 0 Å². The van der Waals surface area contributed by atoms with Gasteiger partial charge in [-0.1, -0.05) is 19.4 Å². The lowest BCUT2D eigenvalue weighted by atomic mass is 9.99. The first kappa shape index (κ1) is 13.9. The van der Waals surface area contributed by atoms with Gasteiger partial charge in [0.05, 0.1) is 0 Å². The zero-order chi connectivity index (χ0) is 14.1. The smallest absolute Gasteiger partial charge is 0.0369 e. The summed E-state index contributed by atoms with van der Waals surface area (Å²) < 4.78 is 0. The topological polar surface area (TPSA) is 29.3 Å². The Morgan fingerprint density at radius 1 is 1.25 bits per heavy atom. The van der Waals surface area contributed by atoms with Crippen LogP contribution in [0.2, 0.25) is 0 Å². The first-order valence-corrected chi connectivity index (χ1v) is 8.27. The summed E-state index contributed by atoms with van der Waals surface area (Å²) in [6, 6.07) is 7.28. The summed E-state index contributed by atoms with van der Waals surface area (Å²) in [5.74, 6) is 1.92. The van der Waals surface area contributed by atoms with Gasteiger partial charge in [-0.3, -0.25) is 0 Å². The fraction of sp³-hybridized carbons (Fsp3) is 0.667. The van der Waals surface area contributed by atoms with Crippen LogP contribution >= 0.6 is 0 Å². The molecule has 1 saturated carbocycles. The standard InChI is InChI=1S/C18H28N2/c1-3-17(19)10-14-7-8-18(9-13(14)2)20-11-15-5-4-6-16(15)12-20/h7-9,15-17H,3-6,10-12,19H2,1-2H3. The Bertz CT molecular complexity index is 456. The lowest BCUT2D eigenvalue weighted by Gasteiger charge is -2.21. The molecule has 1 aliphatic carbocycles. The summed E-state index contributed by atoms with van der Waals surface area (Å²) >= 11 is 0. The summed E-state index contributed by atoms with van der Waals surface area (Å²) in [7, 11) is 0. The van der Waals surface area contributed by atoms with Crippen LogP contribution in [0.4, 0.5) is 5.69 Å². The Kier molecular flexibility index (Phi) is 4.02. The van der Waals surface area contributed by atoms with Crippen molar-refractivity contribution in [2.24, 2.45) is 17.6 Å². The molecule has 3 rings (SSSR count). The van der Waals surface area contributed by atoms with Crippen molar-refractivity contribution in [2.45, 2.75) is 52.0 Å². The zero-order valence-electron chi connectivity index (χ0n) is 12.9. The van der Waals surface area contributed by atoms with E-state index < -0.39 is 0 Å². The van der Waals surface area contributed by atoms with Crippen LogP contribution in [0.25, 0.3) is 0 Å². The maximum absolute atomic E-state index is 6.09. The summed E-state index contributed by atoms with van der Waals surface area (Å²) in [4.78, 5) is 2.60. The number of aryl methyl sites for hydroxylation is 1. The van der Waals surface area contributed by atoms with E-state index in [1.165, 1.54) is 49.2 Å². The van der Waals surface area contributed by atoms with Gasteiger partial charge < -0.3 is 10.6 Å². The highest BCUT2D eigenvalue weighted by atomic mass is 15.2. The van der Waals surface area contributed by atoms with Crippen LogP contribution in [0.1, 0.15) is 43.7 Å². The van der Waals surface area contributed by atoms with Crippen molar-refractivity contribution in [3.05, 3.63) is 29.3 Å². The summed E-state index contributed by atoms with van der Waals surface area (Å²) in [5.41, 5.74) is 10.3. The zero-order valence-corrected chi connectivity index (χ0v) is 12.9. The van der Waals surface area contributed by atoms with Gasteiger partial charge in [-0.15, -0.1) is 0 Å². The molecule has 2 aliphatic rings. The maximum atomic E-state index is 6.09. The first-order chi connectivity index (χ1) is 9.67. The van der Waals surface area contributed by atoms with E-state index in [0.29, 0.717) is 6.04 Å². The lowest BCUT2D eigenvalue weighted by molar-refractivity contribution is 0.494. The largest absolute Gasteiger partial charge is 0.371 e. The van der Waals surface area contributed by atoms with Crippen molar-refractivity contribution in [2.75, 3.05) is 18.0 Å². The number of nitrogens with two attached hydrogens (primary N) is 1. The van der Waals surface area contributed by atoms with E-state index in [9.17, 15) is 0 Å². The van der Waals surface area contributed by atoms with Crippen LogP contribution in [-0.2, 0) is 6.42 Å². The number of nitrogens with zero attached hydrogens (tertiary/aromatic N) is 1. The van der Waals surface area contributed by atoms with Gasteiger partial charge in [-0.05, 0) is 67.7 Å². The molecule has 1 heterocycles. The highest BCUT2D eigenvalue weighted by molar-refractivity contribution is 5.52. The Labute approximate surface area is 123 Å². The molecule has 2 N–H and O–H groups in total. The van der Waals surface area contributed by atoms with Gasteiger partial charge in [0.1, 0.15) is 0 Å². The third-order valence-corrected chi connectivity index (χ3v) is 5.42. The molecule has 20 heavy (non-hydrogen) atoms. The molecule has 0 amide bonds. The molecule has 3 unspecified atom stereocenters. The number of benzene rings is 1. The quantitative estimate of drug-likeness (QED) is 0.909. The van der Waals surface area contributed by atoms with E-state index in [1.807, 2.05) is 0 Å². The van der Waals surface area contributed by atoms with E-state index >= 15 is 0 Å². The predicted octanol–water partition coefficient (Wildman–Crippen LogP) is 3.51. The third kappa shape index (κ3) is 2.71. The van der Waals surface area contributed by atoms with E-state index in [0.717, 1.165) is 24.7 Å². The maximum Gasteiger partial charge on any atom is 0.0369 e. The minimum Gasteiger partial charge on any atom is -0.371 e. The Morgan fingerprint density at radius 3 is 2.55 bits per heavy atom. The molecule has 0 bridgehead atoms. The second kappa shape index (κ2) is 5.77. The third-order valence-electron chi connectivity index (χ3n) is 5.42. The number of fused-ring (bicyclic) bond motifs is 1. The normalized spacial score (nSPS) is 26.9. The second-order valence-corrected chi connectivity index (χ2v) is 6.84. The molecule has 2 nitrogen and oxygen atoms in total. The lowest BCUT2D eigenvalue weighted by Crippen LogP contribution is -2.23. The fourth-order valence-electron chi connectivity index (χ4n) is 3.98. The average molecular weight is 272 g/mol. The second-order valence-electron chi connectivity index (χ2n) is 6.84. The first-order valence-electron chi connectivity index (χ1n) is 8.27. The highest BCUT2D eigenvalue weighted by Gasteiger charge is 2.36. The molecular weight excluding hydrogens is 244 g/mol. The molecule has 1 saturated heterocycles. The van der Waals surface area contributed by atoms with Crippen LogP contribution in [0.5, 0.6) is 0 Å². The Balaban J connectivity index is 1.71. The number of rotatable bonds is 4. The van der Waals surface area contributed by atoms with Crippen LogP contribution in [0, 0.1) is 18.8 Å². The molecular formula is C18H28N2. The number of hydrogen-bond acceptors (Lipinski definition) is 2. The Morgan fingerprint density at radius 2 is 1.95 bits per heavy atom. The molecule has 1 aromatic rings. The molecule has 2 fully saturated rings. The van der Waals surface area contributed by atoms with Crippen molar-refractivity contribution < 1.29 is 0 Å². The van der Waals surface area contributed by atoms with E-state index in [-0.39, 0.29) is 0 Å². The SMILES string of the molecule is CCC(N)Cc1ccc(N2CC3CCCC3C2)cc1C. The van der Waals surface area contributed by atoms with Gasteiger partial charge in [0.2, 0.25) is 0 Å². The summed E-state index contributed by atoms with van der Waals surface area (Å²) in [5, 5.41) is 0. The van der Waals surface area contributed by atoms with E-state index in [2.05, 4.69) is 36.9 Å². The Hall–Kier alpha value is -1.02. The molecule has 0 spiro atoms. The van der Waals surface area contributed by atoms with Crippen LogP contribution < -0.4 is 10.6 Å². The van der Waals surface area contributed by atoms with E-state index in [4.69, 9.17) is 5.73 Å². The van der Waals surface area contributed by atoms with Crippen molar-refractivity contribution in [3.8, 4) is 0 Å². The molecule has 110 valence electrons. The summed E-state index contributed by atoms with van der Waals surface area (Å²) in [6.07, 6.45) is 6.41. The predicted molar refractivity (Wildman–Crippen MR) is 86.2 cm³/mol. The van der Waals surface area contributed by atoms with Crippen LogP contribution in [-0.4, -0.2) is 19.1 Å².